The van der Waals surface area contributed by atoms with Gasteiger partial charge < -0.3 is 29.6 Å². The van der Waals surface area contributed by atoms with Gasteiger partial charge >= 0.3 is 6.09 Å². The van der Waals surface area contributed by atoms with Gasteiger partial charge in [-0.3, -0.25) is 19.1 Å². The van der Waals surface area contributed by atoms with E-state index in [0.717, 1.165) is 5.56 Å². The minimum atomic E-state index is -4.14. The van der Waals surface area contributed by atoms with E-state index in [1.165, 1.54) is 4.90 Å². The lowest BCUT2D eigenvalue weighted by Gasteiger charge is -2.35. The number of alkyl halides is 2. The van der Waals surface area contributed by atoms with Gasteiger partial charge in [0, 0.05) is 18.8 Å². The molecule has 3 aromatic rings. The molecule has 7 rings (SSSR count). The Bertz CT molecular complexity index is 2170. The molecule has 2 aliphatic heterocycles. The van der Waals surface area contributed by atoms with Gasteiger partial charge in [-0.1, -0.05) is 46.8 Å². The van der Waals surface area contributed by atoms with Crippen molar-refractivity contribution in [1.29, 1.82) is 0 Å². The zero-order valence-corrected chi connectivity index (χ0v) is 32.7. The van der Waals surface area contributed by atoms with Gasteiger partial charge in [-0.05, 0) is 66.7 Å². The lowest BCUT2D eigenvalue weighted by atomic mass is 9.85. The molecule has 4 amide bonds. The lowest BCUT2D eigenvalue weighted by Crippen LogP contribution is -2.60. The monoisotopic (exact) mass is 799 g/mol. The number of halogens is 2. The second kappa shape index (κ2) is 14.3. The molecule has 4 heterocycles. The van der Waals surface area contributed by atoms with Gasteiger partial charge in [-0.15, -0.1) is 0 Å². The van der Waals surface area contributed by atoms with Gasteiger partial charge in [0.05, 0.1) is 35.4 Å². The first kappa shape index (κ1) is 39.4. The molecule has 1 saturated heterocycles. The number of hydrogen-bond acceptors (Lipinski definition) is 10. The van der Waals surface area contributed by atoms with Crippen molar-refractivity contribution in [2.75, 3.05) is 13.2 Å². The summed E-state index contributed by atoms with van der Waals surface area (Å²) in [5, 5.41) is 4.30. The highest BCUT2D eigenvalue weighted by molar-refractivity contribution is 7.91. The van der Waals surface area contributed by atoms with Crippen LogP contribution in [-0.2, 0) is 35.6 Å². The quantitative estimate of drug-likeness (QED) is 0.332. The van der Waals surface area contributed by atoms with E-state index < -0.39 is 92.4 Å². The van der Waals surface area contributed by atoms with Crippen LogP contribution in [0.2, 0.25) is 0 Å². The lowest BCUT2D eigenvalue weighted by molar-refractivity contribution is -0.143. The van der Waals surface area contributed by atoms with E-state index in [1.807, 2.05) is 49.2 Å². The standard InChI is InChI=1S/C38H47F2N7O8S/c1-36(2,3)28-33(49)47-19-22(16-27(47)31(48)44-38(17-24(38)29(39)40)34(50)45-56(52,53)23-10-11-23)55-32-30(41-25-8-6-7-9-26(25)42-32)46-15-13-21(18-46)12-14-37(4,5)20-54-35(51)43-28/h6-9,13,15,18,22-24,27-29H,10-12,14,16-17,19-20H2,1-5H3,(H,43,51)(H,44,48)(H,45,50)/t22-,24+,27+,28-,38+/m1/s1. The number of nitrogens with one attached hydrogen (secondary N) is 3. The Hall–Kier alpha value is -4.87. The number of aromatic nitrogens is 3. The molecule has 56 heavy (non-hydrogen) atoms. The number of ether oxygens (including phenoxy) is 2. The summed E-state index contributed by atoms with van der Waals surface area (Å²) in [6, 6.07) is 6.53. The second-order valence-electron chi connectivity index (χ2n) is 17.2. The summed E-state index contributed by atoms with van der Waals surface area (Å²) in [6.45, 7) is 8.94. The Morgan fingerprint density at radius 3 is 2.41 bits per heavy atom. The van der Waals surface area contributed by atoms with E-state index in [9.17, 15) is 36.4 Å². The third-order valence-electron chi connectivity index (χ3n) is 11.0. The van der Waals surface area contributed by atoms with Crippen molar-refractivity contribution in [3.8, 4) is 11.7 Å². The number of hydrogen-bond donors (Lipinski definition) is 3. The molecule has 2 aliphatic carbocycles. The van der Waals surface area contributed by atoms with E-state index in [4.69, 9.17) is 19.4 Å². The van der Waals surface area contributed by atoms with Crippen LogP contribution in [0.4, 0.5) is 13.6 Å². The average Bonchev–Trinajstić information content (AvgIpc) is 4.02. The Balaban J connectivity index is 1.26. The summed E-state index contributed by atoms with van der Waals surface area (Å²) in [4.78, 5) is 66.4. The molecular formula is C38H47F2N7O8S. The molecule has 4 aliphatic rings. The number of alkyl carbamates (subject to hydrolysis) is 1. The number of sulfonamides is 1. The third kappa shape index (κ3) is 8.02. The smallest absolute Gasteiger partial charge is 0.407 e. The number of nitrogens with zero attached hydrogens (tertiary/aromatic N) is 4. The Kier molecular flexibility index (Phi) is 10.0. The van der Waals surface area contributed by atoms with Gasteiger partial charge in [-0.2, -0.15) is 0 Å². The molecule has 302 valence electrons. The zero-order valence-electron chi connectivity index (χ0n) is 31.9. The predicted molar refractivity (Wildman–Crippen MR) is 198 cm³/mol. The number of cyclic esters (lactones) is 1. The van der Waals surface area contributed by atoms with Crippen molar-refractivity contribution in [1.82, 2.24) is 34.8 Å². The summed E-state index contributed by atoms with van der Waals surface area (Å²) in [5.74, 6) is -4.10. The summed E-state index contributed by atoms with van der Waals surface area (Å²) < 4.78 is 69.5. The number of rotatable bonds is 6. The Labute approximate surface area is 323 Å². The number of fused-ring (bicyclic) bond motifs is 7. The second-order valence-corrected chi connectivity index (χ2v) is 19.2. The molecule has 0 spiro atoms. The third-order valence-corrected chi connectivity index (χ3v) is 12.8. The fraction of sp³-hybridized carbons (Fsp3) is 0.579. The maximum absolute atomic E-state index is 14.6. The molecule has 4 bridgehead atoms. The maximum atomic E-state index is 14.6. The van der Waals surface area contributed by atoms with Crippen LogP contribution in [0, 0.1) is 16.7 Å². The van der Waals surface area contributed by atoms with Crippen LogP contribution in [0.1, 0.15) is 72.3 Å². The van der Waals surface area contributed by atoms with Crippen LogP contribution in [0.5, 0.6) is 5.88 Å². The van der Waals surface area contributed by atoms with Crippen molar-refractivity contribution in [2.24, 2.45) is 16.7 Å². The van der Waals surface area contributed by atoms with Crippen molar-refractivity contribution in [3.63, 3.8) is 0 Å². The number of aryl methyl sites for hydroxylation is 1. The predicted octanol–water partition coefficient (Wildman–Crippen LogP) is 3.63. The van der Waals surface area contributed by atoms with E-state index >= 15 is 0 Å². The van der Waals surface area contributed by atoms with Gasteiger partial charge in [0.15, 0.2) is 0 Å². The first-order valence-electron chi connectivity index (χ1n) is 18.8. The SMILES string of the molecule is CC1(C)CCc2ccn(c2)-c2nc3ccccc3nc2O[C@@H]2C[C@@H](C(=O)N[C@@]3(C(=O)NS(=O)(=O)C4CC4)C[C@H]3C(F)F)N(C2)C(=O)[C@H](C(C)(C)C)NC(=O)OC1. The molecular weight excluding hydrogens is 753 g/mol. The van der Waals surface area contributed by atoms with Gasteiger partial charge in [-0.25, -0.2) is 32.0 Å². The number of para-hydroxylation sites is 2. The topological polar surface area (TPSA) is 191 Å². The summed E-state index contributed by atoms with van der Waals surface area (Å²) in [6.07, 6.45) is 0.198. The number of amides is 4. The molecule has 18 heteroatoms. The van der Waals surface area contributed by atoms with Crippen molar-refractivity contribution >= 4 is 44.9 Å². The minimum Gasteiger partial charge on any atom is -0.470 e. The van der Waals surface area contributed by atoms with Crippen molar-refractivity contribution in [2.45, 2.75) is 109 Å². The highest BCUT2D eigenvalue weighted by Gasteiger charge is 2.67. The fourth-order valence-electron chi connectivity index (χ4n) is 7.30. The van der Waals surface area contributed by atoms with Crippen molar-refractivity contribution < 1.29 is 45.9 Å². The van der Waals surface area contributed by atoms with Crippen LogP contribution in [0.25, 0.3) is 16.9 Å². The highest BCUT2D eigenvalue weighted by atomic mass is 32.2. The molecule has 2 aromatic heterocycles. The van der Waals surface area contributed by atoms with Crippen LogP contribution in [0.3, 0.4) is 0 Å². The molecule has 2 saturated carbocycles. The van der Waals surface area contributed by atoms with Gasteiger partial charge in [0.25, 0.3) is 11.8 Å². The fourth-order valence-corrected chi connectivity index (χ4v) is 8.67. The molecule has 3 N–H and O–H groups in total. The first-order chi connectivity index (χ1) is 26.3. The number of carbonyl (C=O) groups excluding carboxylic acids is 4. The molecule has 0 unspecified atom stereocenters. The van der Waals surface area contributed by atoms with E-state index in [2.05, 4.69) is 10.6 Å². The number of benzene rings is 1. The Morgan fingerprint density at radius 2 is 1.77 bits per heavy atom. The van der Waals surface area contributed by atoms with Crippen molar-refractivity contribution in [3.05, 3.63) is 48.3 Å². The normalized spacial score (nSPS) is 27.0. The number of carbonyl (C=O) groups is 4. The summed E-state index contributed by atoms with van der Waals surface area (Å²) in [5.41, 5.74) is -1.48. The molecule has 15 nitrogen and oxygen atoms in total. The zero-order chi connectivity index (χ0) is 40.4. The van der Waals surface area contributed by atoms with Crippen LogP contribution < -0.4 is 20.1 Å². The largest absolute Gasteiger partial charge is 0.470 e. The summed E-state index contributed by atoms with van der Waals surface area (Å²) in [7, 11) is -4.14. The molecule has 3 fully saturated rings. The van der Waals surface area contributed by atoms with Crippen LogP contribution >= 0.6 is 0 Å². The highest BCUT2D eigenvalue weighted by Crippen LogP contribution is 2.48. The Morgan fingerprint density at radius 1 is 1.07 bits per heavy atom. The summed E-state index contributed by atoms with van der Waals surface area (Å²) >= 11 is 0. The molecule has 1 aromatic carbocycles. The molecule has 5 atom stereocenters. The van der Waals surface area contributed by atoms with Crippen LogP contribution in [-0.4, -0.2) is 100 Å². The van der Waals surface area contributed by atoms with E-state index in [0.29, 0.717) is 42.5 Å². The minimum absolute atomic E-state index is 0.0431. The van der Waals surface area contributed by atoms with E-state index in [1.54, 1.807) is 37.5 Å². The van der Waals surface area contributed by atoms with E-state index in [-0.39, 0.29) is 25.5 Å². The maximum Gasteiger partial charge on any atom is 0.407 e. The van der Waals surface area contributed by atoms with Gasteiger partial charge in [0.1, 0.15) is 23.7 Å². The van der Waals surface area contributed by atoms with Crippen LogP contribution in [0.15, 0.2) is 42.7 Å². The van der Waals surface area contributed by atoms with Gasteiger partial charge in [0.2, 0.25) is 34.1 Å². The average molecular weight is 800 g/mol. The first-order valence-corrected chi connectivity index (χ1v) is 20.3. The molecule has 0 radical (unpaired) electrons.